The Labute approximate surface area is 139 Å². The van der Waals surface area contributed by atoms with Crippen LogP contribution in [0.4, 0.5) is 0 Å². The lowest BCUT2D eigenvalue weighted by Crippen LogP contribution is -2.27. The molecule has 0 fully saturated rings. The quantitative estimate of drug-likeness (QED) is 0.800. The van der Waals surface area contributed by atoms with Crippen molar-refractivity contribution in [2.75, 3.05) is 6.54 Å². The van der Waals surface area contributed by atoms with Gasteiger partial charge in [0.15, 0.2) is 5.69 Å². The first-order valence-electron chi connectivity index (χ1n) is 8.40. The van der Waals surface area contributed by atoms with Gasteiger partial charge in [0.2, 0.25) is 0 Å². The zero-order valence-electron chi connectivity index (χ0n) is 13.7. The van der Waals surface area contributed by atoms with Gasteiger partial charge in [0.05, 0.1) is 11.0 Å². The van der Waals surface area contributed by atoms with Crippen molar-refractivity contribution in [3.63, 3.8) is 0 Å². The summed E-state index contributed by atoms with van der Waals surface area (Å²) < 4.78 is 7.37. The van der Waals surface area contributed by atoms with Crippen molar-refractivity contribution in [1.29, 1.82) is 0 Å². The number of carbonyl (C=O) groups is 1. The van der Waals surface area contributed by atoms with Gasteiger partial charge >= 0.3 is 0 Å². The first-order chi connectivity index (χ1) is 11.7. The summed E-state index contributed by atoms with van der Waals surface area (Å²) in [6, 6.07) is 8.03. The van der Waals surface area contributed by atoms with Gasteiger partial charge in [0.1, 0.15) is 11.6 Å². The summed E-state index contributed by atoms with van der Waals surface area (Å²) in [6.07, 6.45) is 4.64. The Hall–Kier alpha value is -2.63. The SMILES string of the molecule is Cn1c(CCNC(=O)c2noc3c2CCCC3)nc2ccccc21. The fourth-order valence-corrected chi connectivity index (χ4v) is 3.35. The fourth-order valence-electron chi connectivity index (χ4n) is 3.35. The van der Waals surface area contributed by atoms with Gasteiger partial charge in [-0.3, -0.25) is 4.79 Å². The number of benzene rings is 1. The Morgan fingerprint density at radius 2 is 2.12 bits per heavy atom. The standard InChI is InChI=1S/C18H20N4O2/c1-22-14-8-4-3-7-13(14)20-16(22)10-11-19-18(23)17-12-6-2-5-9-15(12)24-21-17/h3-4,7-8H,2,5-6,9-11H2,1H3,(H,19,23). The monoisotopic (exact) mass is 324 g/mol. The Balaban J connectivity index is 1.42. The average Bonchev–Trinajstić information content (AvgIpc) is 3.17. The number of imidazole rings is 1. The summed E-state index contributed by atoms with van der Waals surface area (Å²) in [5.41, 5.74) is 3.52. The molecule has 1 N–H and O–H groups in total. The molecule has 2 heterocycles. The van der Waals surface area contributed by atoms with Crippen molar-refractivity contribution < 1.29 is 9.32 Å². The van der Waals surface area contributed by atoms with Crippen LogP contribution in [0.3, 0.4) is 0 Å². The van der Waals surface area contributed by atoms with Crippen molar-refractivity contribution in [1.82, 2.24) is 20.0 Å². The van der Waals surface area contributed by atoms with E-state index < -0.39 is 0 Å². The van der Waals surface area contributed by atoms with E-state index in [0.717, 1.165) is 53.9 Å². The van der Waals surface area contributed by atoms with Crippen LogP contribution < -0.4 is 5.32 Å². The van der Waals surface area contributed by atoms with E-state index in [0.29, 0.717) is 18.7 Å². The Bertz CT molecular complexity index is 894. The fraction of sp³-hybridized carbons (Fsp3) is 0.389. The molecule has 0 saturated heterocycles. The number of rotatable bonds is 4. The summed E-state index contributed by atoms with van der Waals surface area (Å²) >= 11 is 0. The van der Waals surface area contributed by atoms with Crippen LogP contribution in [-0.2, 0) is 26.3 Å². The minimum absolute atomic E-state index is 0.152. The molecular formula is C18H20N4O2. The second kappa shape index (κ2) is 6.11. The molecule has 0 saturated carbocycles. The minimum Gasteiger partial charge on any atom is -0.360 e. The maximum Gasteiger partial charge on any atom is 0.273 e. The smallest absolute Gasteiger partial charge is 0.273 e. The van der Waals surface area contributed by atoms with E-state index >= 15 is 0 Å². The number of aromatic nitrogens is 3. The number of amides is 1. The molecule has 0 atom stereocenters. The highest BCUT2D eigenvalue weighted by atomic mass is 16.5. The van der Waals surface area contributed by atoms with Crippen LogP contribution in [0, 0.1) is 0 Å². The summed E-state index contributed by atoms with van der Waals surface area (Å²) in [4.78, 5) is 17.0. The number of hydrogen-bond donors (Lipinski definition) is 1. The molecule has 1 amide bonds. The molecule has 0 radical (unpaired) electrons. The highest BCUT2D eigenvalue weighted by Gasteiger charge is 2.23. The third-order valence-corrected chi connectivity index (χ3v) is 4.68. The zero-order valence-corrected chi connectivity index (χ0v) is 13.7. The number of fused-ring (bicyclic) bond motifs is 2. The molecule has 1 aliphatic rings. The molecule has 6 nitrogen and oxygen atoms in total. The van der Waals surface area contributed by atoms with E-state index in [9.17, 15) is 4.79 Å². The van der Waals surface area contributed by atoms with E-state index in [1.807, 2.05) is 31.3 Å². The highest BCUT2D eigenvalue weighted by molar-refractivity contribution is 5.93. The summed E-state index contributed by atoms with van der Waals surface area (Å²) in [5.74, 6) is 1.68. The van der Waals surface area contributed by atoms with Gasteiger partial charge < -0.3 is 14.4 Å². The molecule has 0 aliphatic heterocycles. The van der Waals surface area contributed by atoms with Crippen LogP contribution >= 0.6 is 0 Å². The molecule has 0 unspecified atom stereocenters. The van der Waals surface area contributed by atoms with Crippen LogP contribution in [0.1, 0.15) is 40.5 Å². The minimum atomic E-state index is -0.152. The summed E-state index contributed by atoms with van der Waals surface area (Å²) in [7, 11) is 2.00. The lowest BCUT2D eigenvalue weighted by atomic mass is 9.96. The van der Waals surface area contributed by atoms with Crippen LogP contribution in [0.2, 0.25) is 0 Å². The maximum absolute atomic E-state index is 12.4. The van der Waals surface area contributed by atoms with Gasteiger partial charge in [0.25, 0.3) is 5.91 Å². The second-order valence-corrected chi connectivity index (χ2v) is 6.22. The van der Waals surface area contributed by atoms with Gasteiger partial charge in [-0.15, -0.1) is 0 Å². The van der Waals surface area contributed by atoms with Gasteiger partial charge in [0, 0.05) is 32.0 Å². The van der Waals surface area contributed by atoms with Gasteiger partial charge in [-0.25, -0.2) is 4.98 Å². The lowest BCUT2D eigenvalue weighted by Gasteiger charge is -2.09. The molecule has 2 aromatic heterocycles. The molecular weight excluding hydrogens is 304 g/mol. The average molecular weight is 324 g/mol. The molecule has 1 aromatic carbocycles. The maximum atomic E-state index is 12.4. The number of nitrogens with zero attached hydrogens (tertiary/aromatic N) is 3. The van der Waals surface area contributed by atoms with E-state index in [1.165, 1.54) is 0 Å². The molecule has 124 valence electrons. The predicted octanol–water partition coefficient (Wildman–Crippen LogP) is 2.41. The van der Waals surface area contributed by atoms with Gasteiger partial charge in [-0.2, -0.15) is 0 Å². The lowest BCUT2D eigenvalue weighted by molar-refractivity contribution is 0.0944. The van der Waals surface area contributed by atoms with Crippen molar-refractivity contribution in [3.8, 4) is 0 Å². The molecule has 24 heavy (non-hydrogen) atoms. The number of hydrogen-bond acceptors (Lipinski definition) is 4. The molecule has 0 bridgehead atoms. The van der Waals surface area contributed by atoms with Crippen molar-refractivity contribution in [2.24, 2.45) is 7.05 Å². The van der Waals surface area contributed by atoms with Crippen molar-refractivity contribution in [3.05, 3.63) is 47.1 Å². The third-order valence-electron chi connectivity index (χ3n) is 4.68. The topological polar surface area (TPSA) is 73.0 Å². The molecule has 0 spiro atoms. The van der Waals surface area contributed by atoms with Crippen molar-refractivity contribution >= 4 is 16.9 Å². The number of para-hydroxylation sites is 2. The summed E-state index contributed by atoms with van der Waals surface area (Å²) in [6.45, 7) is 0.525. The van der Waals surface area contributed by atoms with E-state index in [2.05, 4.69) is 20.0 Å². The number of nitrogens with one attached hydrogen (secondary N) is 1. The molecule has 3 aromatic rings. The van der Waals surface area contributed by atoms with Crippen LogP contribution in [0.5, 0.6) is 0 Å². The van der Waals surface area contributed by atoms with Crippen LogP contribution in [-0.4, -0.2) is 27.2 Å². The van der Waals surface area contributed by atoms with Crippen LogP contribution in [0.15, 0.2) is 28.8 Å². The summed E-state index contributed by atoms with van der Waals surface area (Å²) in [5, 5.41) is 6.91. The highest BCUT2D eigenvalue weighted by Crippen LogP contribution is 2.24. The van der Waals surface area contributed by atoms with Gasteiger partial charge in [-0.05, 0) is 31.4 Å². The predicted molar refractivity (Wildman–Crippen MR) is 89.9 cm³/mol. The number of aryl methyl sites for hydroxylation is 2. The Morgan fingerprint density at radius 3 is 3.00 bits per heavy atom. The van der Waals surface area contributed by atoms with E-state index in [4.69, 9.17) is 4.52 Å². The first-order valence-corrected chi connectivity index (χ1v) is 8.40. The molecule has 4 rings (SSSR count). The molecule has 6 heteroatoms. The Kier molecular flexibility index (Phi) is 3.80. The van der Waals surface area contributed by atoms with Crippen LogP contribution in [0.25, 0.3) is 11.0 Å². The van der Waals surface area contributed by atoms with E-state index in [1.54, 1.807) is 0 Å². The third kappa shape index (κ3) is 2.58. The van der Waals surface area contributed by atoms with E-state index in [-0.39, 0.29) is 5.91 Å². The normalized spacial score (nSPS) is 13.9. The Morgan fingerprint density at radius 1 is 1.29 bits per heavy atom. The zero-order chi connectivity index (χ0) is 16.5. The number of carbonyl (C=O) groups excluding carboxylic acids is 1. The molecule has 1 aliphatic carbocycles. The van der Waals surface area contributed by atoms with Crippen molar-refractivity contribution in [2.45, 2.75) is 32.1 Å². The van der Waals surface area contributed by atoms with Gasteiger partial charge in [-0.1, -0.05) is 17.3 Å². The second-order valence-electron chi connectivity index (χ2n) is 6.22. The largest absolute Gasteiger partial charge is 0.360 e. The first kappa shape index (κ1) is 14.9.